The van der Waals surface area contributed by atoms with E-state index >= 15 is 0 Å². The van der Waals surface area contributed by atoms with Gasteiger partial charge in [-0.3, -0.25) is 9.79 Å². The highest BCUT2D eigenvalue weighted by Gasteiger charge is 2.24. The summed E-state index contributed by atoms with van der Waals surface area (Å²) in [6.07, 6.45) is 2.67. The third-order valence-corrected chi connectivity index (χ3v) is 1.55. The van der Waals surface area contributed by atoms with E-state index in [2.05, 4.69) is 10.3 Å². The fourth-order valence-electron chi connectivity index (χ4n) is 1.09. The zero-order valence-electron chi connectivity index (χ0n) is 4.85. The molecule has 1 amide bonds. The number of fused-ring (bicyclic) bond motifs is 1. The first-order chi connectivity index (χ1) is 4.38. The Labute approximate surface area is 52.5 Å². The largest absolute Gasteiger partial charge is 0.327 e. The first-order valence-corrected chi connectivity index (χ1v) is 2.92. The van der Waals surface area contributed by atoms with Gasteiger partial charge in [-0.1, -0.05) is 0 Å². The van der Waals surface area contributed by atoms with E-state index < -0.39 is 0 Å². The first kappa shape index (κ1) is 4.73. The number of rotatable bonds is 0. The second-order valence-electron chi connectivity index (χ2n) is 2.12. The van der Waals surface area contributed by atoms with Crippen LogP contribution in [0.3, 0.4) is 0 Å². The highest BCUT2D eigenvalue weighted by atomic mass is 16.2. The van der Waals surface area contributed by atoms with Gasteiger partial charge in [0.25, 0.3) is 5.91 Å². The van der Waals surface area contributed by atoms with Crippen LogP contribution in [0.25, 0.3) is 0 Å². The third-order valence-electron chi connectivity index (χ3n) is 1.55. The van der Waals surface area contributed by atoms with Gasteiger partial charge in [0, 0.05) is 18.3 Å². The van der Waals surface area contributed by atoms with E-state index in [9.17, 15) is 4.79 Å². The minimum Gasteiger partial charge on any atom is -0.327 e. The second kappa shape index (κ2) is 1.43. The molecule has 0 bridgehead atoms. The van der Waals surface area contributed by atoms with Crippen molar-refractivity contribution >= 4 is 11.6 Å². The molecule has 0 aliphatic carbocycles. The molecule has 9 heavy (non-hydrogen) atoms. The van der Waals surface area contributed by atoms with E-state index in [0.29, 0.717) is 5.71 Å². The summed E-state index contributed by atoms with van der Waals surface area (Å²) in [6, 6.07) is 0. The van der Waals surface area contributed by atoms with Crippen molar-refractivity contribution in [3.8, 4) is 0 Å². The number of nitrogens with zero attached hydrogens (tertiary/aromatic N) is 1. The molecule has 0 saturated heterocycles. The molecular weight excluding hydrogens is 116 g/mol. The van der Waals surface area contributed by atoms with Gasteiger partial charge in [-0.05, 0) is 6.42 Å². The van der Waals surface area contributed by atoms with Gasteiger partial charge >= 0.3 is 0 Å². The predicted molar refractivity (Wildman–Crippen MR) is 33.1 cm³/mol. The highest BCUT2D eigenvalue weighted by molar-refractivity contribution is 6.48. The standard InChI is InChI=1S/C6H6N2O/c9-6-5-4(3-8-6)1-2-7-5/h3H,1-2H2,(H,8,9). The van der Waals surface area contributed by atoms with Gasteiger partial charge in [-0.15, -0.1) is 0 Å². The van der Waals surface area contributed by atoms with Crippen LogP contribution in [0.15, 0.2) is 16.8 Å². The van der Waals surface area contributed by atoms with E-state index in [1.165, 1.54) is 0 Å². The van der Waals surface area contributed by atoms with Crippen molar-refractivity contribution in [3.05, 3.63) is 11.8 Å². The van der Waals surface area contributed by atoms with Gasteiger partial charge in [-0.25, -0.2) is 0 Å². The van der Waals surface area contributed by atoms with Crippen molar-refractivity contribution in [1.82, 2.24) is 5.32 Å². The smallest absolute Gasteiger partial charge is 0.273 e. The Morgan fingerprint density at radius 2 is 2.56 bits per heavy atom. The molecule has 3 nitrogen and oxygen atoms in total. The lowest BCUT2D eigenvalue weighted by Crippen LogP contribution is -2.18. The normalized spacial score (nSPS) is 22.9. The van der Waals surface area contributed by atoms with Gasteiger partial charge in [0.05, 0.1) is 0 Å². The highest BCUT2D eigenvalue weighted by Crippen LogP contribution is 2.15. The minimum atomic E-state index is -0.0394. The van der Waals surface area contributed by atoms with Gasteiger partial charge in [0.2, 0.25) is 0 Å². The third kappa shape index (κ3) is 0.512. The summed E-state index contributed by atoms with van der Waals surface area (Å²) in [7, 11) is 0. The number of hydrogen-bond donors (Lipinski definition) is 1. The molecule has 0 fully saturated rings. The van der Waals surface area contributed by atoms with Crippen molar-refractivity contribution in [2.45, 2.75) is 6.42 Å². The molecule has 2 rings (SSSR count). The lowest BCUT2D eigenvalue weighted by atomic mass is 10.2. The van der Waals surface area contributed by atoms with Crippen LogP contribution in [0.2, 0.25) is 0 Å². The van der Waals surface area contributed by atoms with Crippen LogP contribution < -0.4 is 5.32 Å². The molecule has 46 valence electrons. The van der Waals surface area contributed by atoms with E-state index in [1.807, 2.05) is 0 Å². The van der Waals surface area contributed by atoms with Crippen LogP contribution in [0.1, 0.15) is 6.42 Å². The zero-order chi connectivity index (χ0) is 6.27. The zero-order valence-corrected chi connectivity index (χ0v) is 4.85. The van der Waals surface area contributed by atoms with Crippen LogP contribution in [0.4, 0.5) is 0 Å². The molecule has 0 aromatic rings. The molecule has 2 aliphatic heterocycles. The molecule has 1 N–H and O–H groups in total. The Kier molecular flexibility index (Phi) is 0.754. The van der Waals surface area contributed by atoms with Crippen LogP contribution in [-0.4, -0.2) is 18.2 Å². The van der Waals surface area contributed by atoms with Crippen LogP contribution in [0.5, 0.6) is 0 Å². The first-order valence-electron chi connectivity index (χ1n) is 2.92. The monoisotopic (exact) mass is 122 g/mol. The molecular formula is C6H6N2O. The number of nitrogens with one attached hydrogen (secondary N) is 1. The number of aliphatic imine (C=N–C) groups is 1. The van der Waals surface area contributed by atoms with Gasteiger partial charge < -0.3 is 5.32 Å². The van der Waals surface area contributed by atoms with Crippen LogP contribution in [-0.2, 0) is 4.79 Å². The van der Waals surface area contributed by atoms with E-state index in [0.717, 1.165) is 18.5 Å². The van der Waals surface area contributed by atoms with Crippen molar-refractivity contribution in [2.75, 3.05) is 6.54 Å². The summed E-state index contributed by atoms with van der Waals surface area (Å²) in [6.45, 7) is 0.786. The fraction of sp³-hybridized carbons (Fsp3) is 0.333. The van der Waals surface area contributed by atoms with Crippen molar-refractivity contribution in [1.29, 1.82) is 0 Å². The number of amides is 1. The van der Waals surface area contributed by atoms with Crippen LogP contribution in [0, 0.1) is 0 Å². The van der Waals surface area contributed by atoms with E-state index in [4.69, 9.17) is 0 Å². The molecule has 0 saturated carbocycles. The Balaban J connectivity index is 2.45. The molecule has 0 aromatic heterocycles. The minimum absolute atomic E-state index is 0.0394. The SMILES string of the molecule is O=C1NC=C2CCN=C12. The maximum absolute atomic E-state index is 10.8. The summed E-state index contributed by atoms with van der Waals surface area (Å²) in [4.78, 5) is 14.8. The maximum atomic E-state index is 10.8. The molecule has 2 heterocycles. The summed E-state index contributed by atoms with van der Waals surface area (Å²) >= 11 is 0. The van der Waals surface area contributed by atoms with Crippen molar-refractivity contribution < 1.29 is 4.79 Å². The van der Waals surface area contributed by atoms with E-state index in [-0.39, 0.29) is 5.91 Å². The molecule has 0 atom stereocenters. The average Bonchev–Trinajstić information content (AvgIpc) is 2.35. The molecule has 0 aromatic carbocycles. The van der Waals surface area contributed by atoms with Gasteiger partial charge in [0.1, 0.15) is 5.71 Å². The fourth-order valence-corrected chi connectivity index (χ4v) is 1.09. The second-order valence-corrected chi connectivity index (χ2v) is 2.12. The Morgan fingerprint density at radius 3 is 3.33 bits per heavy atom. The number of hydrogen-bond acceptors (Lipinski definition) is 2. The van der Waals surface area contributed by atoms with Gasteiger partial charge in [0.15, 0.2) is 0 Å². The topological polar surface area (TPSA) is 41.5 Å². The lowest BCUT2D eigenvalue weighted by molar-refractivity contribution is -0.113. The molecule has 0 spiro atoms. The Hall–Kier alpha value is -1.12. The van der Waals surface area contributed by atoms with Crippen LogP contribution >= 0.6 is 0 Å². The molecule has 0 radical (unpaired) electrons. The maximum Gasteiger partial charge on any atom is 0.273 e. The Morgan fingerprint density at radius 1 is 1.67 bits per heavy atom. The van der Waals surface area contributed by atoms with Gasteiger partial charge in [-0.2, -0.15) is 0 Å². The van der Waals surface area contributed by atoms with Crippen molar-refractivity contribution in [2.24, 2.45) is 4.99 Å². The number of carbonyl (C=O) groups is 1. The molecule has 3 heteroatoms. The number of carbonyl (C=O) groups excluding carboxylic acids is 1. The summed E-state index contributed by atoms with van der Waals surface area (Å²) in [5.41, 5.74) is 1.72. The average molecular weight is 122 g/mol. The lowest BCUT2D eigenvalue weighted by Gasteiger charge is -1.85. The summed E-state index contributed by atoms with van der Waals surface area (Å²) < 4.78 is 0. The molecule has 2 aliphatic rings. The quantitative estimate of drug-likeness (QED) is 0.476. The molecule has 0 unspecified atom stereocenters. The van der Waals surface area contributed by atoms with E-state index in [1.54, 1.807) is 6.20 Å². The summed E-state index contributed by atoms with van der Waals surface area (Å²) in [5, 5.41) is 2.59. The predicted octanol–water partition coefficient (Wildman–Crippen LogP) is -0.155. The Bertz CT molecular complexity index is 227. The summed E-state index contributed by atoms with van der Waals surface area (Å²) in [5.74, 6) is -0.0394. The van der Waals surface area contributed by atoms with Crippen molar-refractivity contribution in [3.63, 3.8) is 0 Å².